The van der Waals surface area contributed by atoms with Crippen molar-refractivity contribution >= 4 is 27.9 Å². The Morgan fingerprint density at radius 1 is 1.20 bits per heavy atom. The molecule has 0 aromatic carbocycles. The zero-order valence-corrected chi connectivity index (χ0v) is 13.1. The molecule has 108 valence electrons. The number of carbonyl (C=O) groups is 2. The van der Waals surface area contributed by atoms with Crippen LogP contribution in [0.4, 0.5) is 4.79 Å². The van der Waals surface area contributed by atoms with Gasteiger partial charge in [-0.2, -0.15) is 0 Å². The second-order valence-electron chi connectivity index (χ2n) is 4.80. The fraction of sp³-hybridized carbons (Fsp3) is 0.462. The van der Waals surface area contributed by atoms with Crippen molar-refractivity contribution < 1.29 is 9.59 Å². The van der Waals surface area contributed by atoms with E-state index in [1.807, 2.05) is 0 Å². The molecule has 2 rings (SSSR count). The van der Waals surface area contributed by atoms with Crippen molar-refractivity contribution in [2.45, 2.75) is 0 Å². The van der Waals surface area contributed by atoms with Crippen molar-refractivity contribution in [3.8, 4) is 0 Å². The summed E-state index contributed by atoms with van der Waals surface area (Å²) >= 11 is 3.29. The smallest absolute Gasteiger partial charge is 0.319 e. The number of nitrogens with zero attached hydrogens (tertiary/aromatic N) is 4. The van der Waals surface area contributed by atoms with Crippen LogP contribution in [-0.4, -0.2) is 71.9 Å². The Morgan fingerprint density at radius 2 is 1.80 bits per heavy atom. The van der Waals surface area contributed by atoms with E-state index in [4.69, 9.17) is 0 Å². The third-order valence-electron chi connectivity index (χ3n) is 3.21. The predicted molar refractivity (Wildman–Crippen MR) is 78.5 cm³/mol. The second kappa shape index (κ2) is 6.21. The van der Waals surface area contributed by atoms with Gasteiger partial charge in [0.25, 0.3) is 5.91 Å². The van der Waals surface area contributed by atoms with Crippen LogP contribution in [0.15, 0.2) is 22.9 Å². The SMILES string of the molecule is CN(C)C(=O)N1CCN(C(=O)c2cccnc2Br)CC1. The highest BCUT2D eigenvalue weighted by Crippen LogP contribution is 2.16. The minimum atomic E-state index is -0.0538. The molecule has 1 fully saturated rings. The van der Waals surface area contributed by atoms with Crippen LogP contribution in [0, 0.1) is 0 Å². The number of urea groups is 1. The first kappa shape index (κ1) is 14.8. The third kappa shape index (κ3) is 3.09. The molecular weight excluding hydrogens is 324 g/mol. The van der Waals surface area contributed by atoms with Crippen molar-refractivity contribution in [2.24, 2.45) is 0 Å². The summed E-state index contributed by atoms with van der Waals surface area (Å²) in [4.78, 5) is 33.3. The summed E-state index contributed by atoms with van der Waals surface area (Å²) in [6, 6.07) is 3.47. The van der Waals surface area contributed by atoms with Crippen LogP contribution in [0.3, 0.4) is 0 Å². The lowest BCUT2D eigenvalue weighted by Crippen LogP contribution is -2.52. The van der Waals surface area contributed by atoms with E-state index in [2.05, 4.69) is 20.9 Å². The van der Waals surface area contributed by atoms with Crippen LogP contribution < -0.4 is 0 Å². The Kier molecular flexibility index (Phi) is 4.59. The molecule has 1 aliphatic heterocycles. The van der Waals surface area contributed by atoms with Crippen LogP contribution in [-0.2, 0) is 0 Å². The highest BCUT2D eigenvalue weighted by Gasteiger charge is 2.26. The molecule has 0 N–H and O–H groups in total. The summed E-state index contributed by atoms with van der Waals surface area (Å²) in [7, 11) is 3.46. The van der Waals surface area contributed by atoms with Gasteiger partial charge in [0.1, 0.15) is 4.60 Å². The zero-order valence-electron chi connectivity index (χ0n) is 11.5. The first-order valence-electron chi connectivity index (χ1n) is 6.36. The van der Waals surface area contributed by atoms with Crippen molar-refractivity contribution in [2.75, 3.05) is 40.3 Å². The lowest BCUT2D eigenvalue weighted by molar-refractivity contribution is 0.0649. The number of hydrogen-bond donors (Lipinski definition) is 0. The largest absolute Gasteiger partial charge is 0.335 e. The molecule has 0 saturated carbocycles. The van der Waals surface area contributed by atoms with Crippen molar-refractivity contribution in [1.82, 2.24) is 19.7 Å². The van der Waals surface area contributed by atoms with Gasteiger partial charge in [-0.05, 0) is 28.1 Å². The molecule has 1 aromatic heterocycles. The highest BCUT2D eigenvalue weighted by atomic mass is 79.9. The minimum Gasteiger partial charge on any atom is -0.335 e. The van der Waals surface area contributed by atoms with E-state index in [0.29, 0.717) is 36.3 Å². The lowest BCUT2D eigenvalue weighted by Gasteiger charge is -2.36. The van der Waals surface area contributed by atoms with Gasteiger partial charge in [0.15, 0.2) is 0 Å². The molecule has 0 spiro atoms. The number of carbonyl (C=O) groups excluding carboxylic acids is 2. The molecule has 1 aliphatic rings. The summed E-state index contributed by atoms with van der Waals surface area (Å²) in [6.45, 7) is 2.20. The summed E-state index contributed by atoms with van der Waals surface area (Å²) in [5, 5.41) is 0. The molecule has 0 bridgehead atoms. The molecule has 3 amide bonds. The molecular formula is C13H17BrN4O2. The fourth-order valence-electron chi connectivity index (χ4n) is 2.10. The van der Waals surface area contributed by atoms with E-state index < -0.39 is 0 Å². The fourth-order valence-corrected chi connectivity index (χ4v) is 2.52. The van der Waals surface area contributed by atoms with Gasteiger partial charge >= 0.3 is 6.03 Å². The molecule has 20 heavy (non-hydrogen) atoms. The Morgan fingerprint density at radius 3 is 2.35 bits per heavy atom. The zero-order chi connectivity index (χ0) is 14.7. The number of aromatic nitrogens is 1. The standard InChI is InChI=1S/C13H17BrN4O2/c1-16(2)13(20)18-8-6-17(7-9-18)12(19)10-4-3-5-15-11(10)14/h3-5H,6-9H2,1-2H3. The van der Waals surface area contributed by atoms with E-state index in [9.17, 15) is 9.59 Å². The molecule has 0 atom stereocenters. The average Bonchev–Trinajstić information content (AvgIpc) is 2.46. The maximum atomic E-state index is 12.4. The number of piperazine rings is 1. The number of rotatable bonds is 1. The number of amides is 3. The summed E-state index contributed by atoms with van der Waals surface area (Å²) in [6.07, 6.45) is 1.63. The van der Waals surface area contributed by atoms with Crippen molar-refractivity contribution in [1.29, 1.82) is 0 Å². The summed E-state index contributed by atoms with van der Waals surface area (Å²) in [5.41, 5.74) is 0.555. The average molecular weight is 341 g/mol. The Balaban J connectivity index is 1.99. The number of halogens is 1. The van der Waals surface area contributed by atoms with Gasteiger partial charge in [0.2, 0.25) is 0 Å². The minimum absolute atomic E-state index is 0.0142. The van der Waals surface area contributed by atoms with Gasteiger partial charge in [-0.3, -0.25) is 4.79 Å². The normalized spacial score (nSPS) is 15.2. The van der Waals surface area contributed by atoms with Gasteiger partial charge in [0.05, 0.1) is 5.56 Å². The van der Waals surface area contributed by atoms with E-state index in [1.54, 1.807) is 47.1 Å². The van der Waals surface area contributed by atoms with Crippen LogP contribution in [0.25, 0.3) is 0 Å². The summed E-state index contributed by atoms with van der Waals surface area (Å²) < 4.78 is 0.553. The molecule has 6 nitrogen and oxygen atoms in total. The predicted octanol–water partition coefficient (Wildman–Crippen LogP) is 1.28. The van der Waals surface area contributed by atoms with Gasteiger partial charge < -0.3 is 14.7 Å². The molecule has 0 radical (unpaired) electrons. The van der Waals surface area contributed by atoms with Gasteiger partial charge in [-0.1, -0.05) is 0 Å². The van der Waals surface area contributed by atoms with Gasteiger partial charge in [0, 0.05) is 46.5 Å². The highest BCUT2D eigenvalue weighted by molar-refractivity contribution is 9.10. The maximum Gasteiger partial charge on any atom is 0.319 e. The van der Waals surface area contributed by atoms with E-state index >= 15 is 0 Å². The topological polar surface area (TPSA) is 56.8 Å². The quantitative estimate of drug-likeness (QED) is 0.723. The molecule has 1 aromatic rings. The molecule has 1 saturated heterocycles. The van der Waals surface area contributed by atoms with Crippen LogP contribution in [0.5, 0.6) is 0 Å². The van der Waals surface area contributed by atoms with Crippen LogP contribution in [0.2, 0.25) is 0 Å². The first-order valence-corrected chi connectivity index (χ1v) is 7.16. The number of hydrogen-bond acceptors (Lipinski definition) is 3. The second-order valence-corrected chi connectivity index (χ2v) is 5.55. The Labute approximate surface area is 126 Å². The van der Waals surface area contributed by atoms with E-state index in [1.165, 1.54) is 0 Å². The first-order chi connectivity index (χ1) is 9.50. The van der Waals surface area contributed by atoms with Gasteiger partial charge in [-0.15, -0.1) is 0 Å². The molecule has 0 unspecified atom stereocenters. The van der Waals surface area contributed by atoms with Gasteiger partial charge in [-0.25, -0.2) is 9.78 Å². The molecule has 0 aliphatic carbocycles. The molecule has 2 heterocycles. The lowest BCUT2D eigenvalue weighted by atomic mass is 10.2. The van der Waals surface area contributed by atoms with E-state index in [0.717, 1.165) is 0 Å². The van der Waals surface area contributed by atoms with E-state index in [-0.39, 0.29) is 11.9 Å². The monoisotopic (exact) mass is 340 g/mol. The van der Waals surface area contributed by atoms with Crippen molar-refractivity contribution in [3.05, 3.63) is 28.5 Å². The Hall–Kier alpha value is -1.63. The van der Waals surface area contributed by atoms with Crippen molar-refractivity contribution in [3.63, 3.8) is 0 Å². The Bertz CT molecular complexity index is 513. The number of pyridine rings is 1. The maximum absolute atomic E-state index is 12.4. The summed E-state index contributed by atoms with van der Waals surface area (Å²) in [5.74, 6) is -0.0538. The van der Waals surface area contributed by atoms with Crippen LogP contribution >= 0.6 is 15.9 Å². The third-order valence-corrected chi connectivity index (χ3v) is 3.84. The molecule has 7 heteroatoms. The van der Waals surface area contributed by atoms with Crippen LogP contribution in [0.1, 0.15) is 10.4 Å².